The molecule has 1 aliphatic heterocycles. The van der Waals surface area contributed by atoms with Crippen LogP contribution in [-0.2, 0) is 0 Å². The minimum atomic E-state index is -0.830. The molecule has 1 heterocycles. The summed E-state index contributed by atoms with van der Waals surface area (Å²) in [6.07, 6.45) is 7.14. The van der Waals surface area contributed by atoms with E-state index in [1.165, 1.54) is 32.1 Å². The molecule has 1 unspecified atom stereocenters. The van der Waals surface area contributed by atoms with Crippen molar-refractivity contribution >= 4 is 56.4 Å². The Labute approximate surface area is 172 Å². The molecule has 1 nitrogen and oxygen atoms in total. The molecule has 0 bridgehead atoms. The molecule has 1 aliphatic carbocycles. The molecule has 1 aromatic carbocycles. The molecule has 1 aromatic rings. The molecule has 0 N–H and O–H groups in total. The fourth-order valence-electron chi connectivity index (χ4n) is 3.80. The van der Waals surface area contributed by atoms with Crippen LogP contribution >= 0.6 is 50.7 Å². The Morgan fingerprint density at radius 2 is 1.70 bits per heavy atom. The van der Waals surface area contributed by atoms with Crippen LogP contribution in [0.1, 0.15) is 44.1 Å². The summed E-state index contributed by atoms with van der Waals surface area (Å²) in [4.78, 5) is 0. The largest absolute Gasteiger partial charge is 1.00 e. The van der Waals surface area contributed by atoms with E-state index in [2.05, 4.69) is 20.5 Å². The second-order valence-electron chi connectivity index (χ2n) is 6.27. The van der Waals surface area contributed by atoms with Crippen LogP contribution in [0.15, 0.2) is 24.3 Å². The quantitative estimate of drug-likeness (QED) is 0.440. The van der Waals surface area contributed by atoms with Crippen molar-refractivity contribution in [2.75, 3.05) is 5.33 Å². The maximum Gasteiger partial charge on any atom is 0.220 e. The smallest absolute Gasteiger partial charge is 0.220 e. The standard InChI is InChI=1S/C17H20BrCl3N.BrH/c18-11-15-10-17(20,21)16(12-6-8-13(19)9-7-12)22(15)14-4-2-1-3-5-14;/h6-9,14-15H,1-5,10-11H2;1H/q+1;/p-1. The molecule has 128 valence electrons. The fraction of sp³-hybridized carbons (Fsp3) is 0.588. The van der Waals surface area contributed by atoms with Gasteiger partial charge in [-0.25, -0.2) is 4.58 Å². The van der Waals surface area contributed by atoms with E-state index in [1.54, 1.807) is 0 Å². The molecule has 0 saturated heterocycles. The monoisotopic (exact) mass is 501 g/mol. The average molecular weight is 505 g/mol. The van der Waals surface area contributed by atoms with Gasteiger partial charge in [-0.15, -0.1) is 0 Å². The minimum Gasteiger partial charge on any atom is -1.00 e. The average Bonchev–Trinajstić information content (AvgIpc) is 2.80. The number of alkyl halides is 3. The highest BCUT2D eigenvalue weighted by Crippen LogP contribution is 2.41. The molecule has 1 fully saturated rings. The van der Waals surface area contributed by atoms with Crippen LogP contribution in [0.25, 0.3) is 0 Å². The van der Waals surface area contributed by atoms with Gasteiger partial charge in [0.25, 0.3) is 0 Å². The van der Waals surface area contributed by atoms with Gasteiger partial charge in [0.05, 0.1) is 11.8 Å². The zero-order chi connectivity index (χ0) is 15.7. The molecule has 6 heteroatoms. The number of hydrogen-bond acceptors (Lipinski definition) is 0. The lowest BCUT2D eigenvalue weighted by molar-refractivity contribution is -0.592. The van der Waals surface area contributed by atoms with E-state index in [0.717, 1.165) is 28.0 Å². The summed E-state index contributed by atoms with van der Waals surface area (Å²) in [7, 11) is 0. The van der Waals surface area contributed by atoms with E-state index in [1.807, 2.05) is 24.3 Å². The topological polar surface area (TPSA) is 3.01 Å². The first kappa shape index (κ1) is 20.0. The van der Waals surface area contributed by atoms with Crippen molar-refractivity contribution in [1.29, 1.82) is 0 Å². The minimum absolute atomic E-state index is 0. The second-order valence-corrected chi connectivity index (χ2v) is 8.84. The first-order chi connectivity index (χ1) is 10.5. The Morgan fingerprint density at radius 1 is 1.09 bits per heavy atom. The van der Waals surface area contributed by atoms with Crippen LogP contribution in [-0.4, -0.2) is 32.0 Å². The summed E-state index contributed by atoms with van der Waals surface area (Å²) in [5, 5.41) is 1.63. The van der Waals surface area contributed by atoms with Crippen molar-refractivity contribution in [3.05, 3.63) is 34.9 Å². The van der Waals surface area contributed by atoms with Gasteiger partial charge in [-0.1, -0.05) is 57.2 Å². The molecular weight excluding hydrogens is 484 g/mol. The zero-order valence-electron chi connectivity index (χ0n) is 12.8. The van der Waals surface area contributed by atoms with Gasteiger partial charge in [-0.2, -0.15) is 0 Å². The molecular formula is C17H20Br2Cl3N. The molecule has 0 amide bonds. The normalized spacial score (nSPS) is 24.6. The maximum absolute atomic E-state index is 6.73. The van der Waals surface area contributed by atoms with Crippen LogP contribution in [0.5, 0.6) is 0 Å². The summed E-state index contributed by atoms with van der Waals surface area (Å²) in [5.74, 6) is 0. The Balaban J connectivity index is 0.00000192. The lowest BCUT2D eigenvalue weighted by Crippen LogP contribution is -3.00. The second kappa shape index (κ2) is 8.40. The van der Waals surface area contributed by atoms with Gasteiger partial charge in [0.1, 0.15) is 0 Å². The molecule has 0 spiro atoms. The highest BCUT2D eigenvalue weighted by Gasteiger charge is 2.53. The van der Waals surface area contributed by atoms with Gasteiger partial charge in [0.2, 0.25) is 10.0 Å². The summed E-state index contributed by atoms with van der Waals surface area (Å²) in [5.41, 5.74) is 2.15. The summed E-state index contributed by atoms with van der Waals surface area (Å²) in [6, 6.07) is 8.78. The first-order valence-corrected chi connectivity index (χ1v) is 10.1. The molecule has 0 aromatic heterocycles. The van der Waals surface area contributed by atoms with Crippen molar-refractivity contribution in [3.8, 4) is 0 Å². The Kier molecular flexibility index (Phi) is 7.32. The van der Waals surface area contributed by atoms with Crippen molar-refractivity contribution in [3.63, 3.8) is 0 Å². The van der Waals surface area contributed by atoms with Crippen molar-refractivity contribution in [2.24, 2.45) is 0 Å². The van der Waals surface area contributed by atoms with Gasteiger partial charge in [-0.3, -0.25) is 0 Å². The number of halogens is 5. The molecule has 1 saturated carbocycles. The van der Waals surface area contributed by atoms with Crippen molar-refractivity contribution in [1.82, 2.24) is 0 Å². The van der Waals surface area contributed by atoms with Crippen LogP contribution in [0, 0.1) is 0 Å². The number of nitrogens with zero attached hydrogens (tertiary/aromatic N) is 1. The van der Waals surface area contributed by atoms with E-state index in [-0.39, 0.29) is 17.0 Å². The van der Waals surface area contributed by atoms with E-state index in [9.17, 15) is 0 Å². The predicted molar refractivity (Wildman–Crippen MR) is 99.3 cm³/mol. The molecule has 1 atom stereocenters. The van der Waals surface area contributed by atoms with Gasteiger partial charge in [0, 0.05) is 23.4 Å². The first-order valence-electron chi connectivity index (χ1n) is 7.88. The number of hydrogen-bond donors (Lipinski definition) is 0. The highest BCUT2D eigenvalue weighted by atomic mass is 79.9. The molecule has 23 heavy (non-hydrogen) atoms. The SMILES string of the molecule is Clc1ccc(C2=[N+](C3CCCCC3)C(CBr)CC2(Cl)Cl)cc1.[Br-]. The zero-order valence-corrected chi connectivity index (χ0v) is 18.2. The fourth-order valence-corrected chi connectivity index (χ4v) is 5.24. The maximum atomic E-state index is 6.73. The number of rotatable bonds is 3. The predicted octanol–water partition coefficient (Wildman–Crippen LogP) is 2.82. The third-order valence-corrected chi connectivity index (χ3v) is 6.42. The van der Waals surface area contributed by atoms with Crippen molar-refractivity contribution in [2.45, 2.75) is 54.9 Å². The molecule has 3 rings (SSSR count). The molecule has 0 radical (unpaired) electrons. The van der Waals surface area contributed by atoms with E-state index < -0.39 is 4.33 Å². The van der Waals surface area contributed by atoms with Crippen LogP contribution in [0.4, 0.5) is 0 Å². The summed E-state index contributed by atoms with van der Waals surface area (Å²) < 4.78 is 1.67. The van der Waals surface area contributed by atoms with Crippen molar-refractivity contribution < 1.29 is 21.6 Å². The Bertz CT molecular complexity index is 566. The van der Waals surface area contributed by atoms with Crippen LogP contribution in [0.2, 0.25) is 5.02 Å². The van der Waals surface area contributed by atoms with Crippen LogP contribution in [0.3, 0.4) is 0 Å². The van der Waals surface area contributed by atoms with Gasteiger partial charge in [0.15, 0.2) is 12.1 Å². The lowest BCUT2D eigenvalue weighted by Gasteiger charge is -2.23. The van der Waals surface area contributed by atoms with E-state index in [0.29, 0.717) is 12.1 Å². The van der Waals surface area contributed by atoms with Gasteiger partial charge >= 0.3 is 0 Å². The highest BCUT2D eigenvalue weighted by molar-refractivity contribution is 9.09. The lowest BCUT2D eigenvalue weighted by atomic mass is 9.94. The summed E-state index contributed by atoms with van der Waals surface area (Å²) in [6.45, 7) is 0. The molecule has 2 aliphatic rings. The van der Waals surface area contributed by atoms with Gasteiger partial charge in [-0.05, 0) is 37.1 Å². The number of benzene rings is 1. The van der Waals surface area contributed by atoms with Crippen LogP contribution < -0.4 is 17.0 Å². The third-order valence-electron chi connectivity index (χ3n) is 4.75. The van der Waals surface area contributed by atoms with E-state index >= 15 is 0 Å². The third kappa shape index (κ3) is 4.28. The Morgan fingerprint density at radius 3 is 2.26 bits per heavy atom. The summed E-state index contributed by atoms with van der Waals surface area (Å²) >= 11 is 23.1. The van der Waals surface area contributed by atoms with E-state index in [4.69, 9.17) is 34.8 Å². The Hall–Kier alpha value is 0.720. The van der Waals surface area contributed by atoms with Gasteiger partial charge < -0.3 is 17.0 Å².